The van der Waals surface area contributed by atoms with Crippen LogP contribution in [0.3, 0.4) is 0 Å². The van der Waals surface area contributed by atoms with Crippen LogP contribution in [0.5, 0.6) is 5.75 Å². The molecule has 0 bridgehead atoms. The summed E-state index contributed by atoms with van der Waals surface area (Å²) in [5.74, 6) is -1.27. The van der Waals surface area contributed by atoms with Crippen molar-refractivity contribution in [2.75, 3.05) is 13.7 Å². The normalized spacial score (nSPS) is 12.0. The zero-order valence-electron chi connectivity index (χ0n) is 10.8. The van der Waals surface area contributed by atoms with Crippen molar-refractivity contribution in [2.45, 2.75) is 17.7 Å². The van der Waals surface area contributed by atoms with Gasteiger partial charge < -0.3 is 9.47 Å². The van der Waals surface area contributed by atoms with E-state index in [0.29, 0.717) is 0 Å². The van der Waals surface area contributed by atoms with Crippen LogP contribution in [0, 0.1) is 0 Å². The van der Waals surface area contributed by atoms with Gasteiger partial charge in [0.15, 0.2) is 0 Å². The smallest absolute Gasteiger partial charge is 0.469 e. The Morgan fingerprint density at radius 1 is 1.33 bits per heavy atom. The Morgan fingerprint density at radius 3 is 2.57 bits per heavy atom. The molecule has 0 amide bonds. The second-order valence-corrected chi connectivity index (χ2v) is 5.51. The summed E-state index contributed by atoms with van der Waals surface area (Å²) in [6, 6.07) is 3.91. The number of sulfonamides is 1. The second kappa shape index (κ2) is 6.76. The van der Waals surface area contributed by atoms with Gasteiger partial charge in [0, 0.05) is 12.6 Å². The molecule has 118 valence electrons. The Bertz CT molecular complexity index is 600. The number of esters is 1. The first-order chi connectivity index (χ1) is 9.64. The lowest BCUT2D eigenvalue weighted by Gasteiger charge is -2.10. The Morgan fingerprint density at radius 2 is 2.00 bits per heavy atom. The highest BCUT2D eigenvalue weighted by atomic mass is 32.2. The second-order valence-electron chi connectivity index (χ2n) is 3.75. The van der Waals surface area contributed by atoms with Gasteiger partial charge in [-0.05, 0) is 12.1 Å². The van der Waals surface area contributed by atoms with Crippen LogP contribution in [0.4, 0.5) is 13.2 Å². The summed E-state index contributed by atoms with van der Waals surface area (Å²) >= 11 is 0. The average molecular weight is 327 g/mol. The van der Waals surface area contributed by atoms with Gasteiger partial charge in [0.25, 0.3) is 0 Å². The molecular weight excluding hydrogens is 315 g/mol. The van der Waals surface area contributed by atoms with Crippen molar-refractivity contribution >= 4 is 16.0 Å². The third kappa shape index (κ3) is 6.00. The highest BCUT2D eigenvalue weighted by Crippen LogP contribution is 2.24. The van der Waals surface area contributed by atoms with E-state index in [1.54, 1.807) is 0 Å². The summed E-state index contributed by atoms with van der Waals surface area (Å²) in [6.07, 6.45) is -5.12. The molecule has 1 aromatic rings. The van der Waals surface area contributed by atoms with E-state index < -0.39 is 33.0 Å². The molecule has 0 aliphatic rings. The summed E-state index contributed by atoms with van der Waals surface area (Å²) in [5.41, 5.74) is 0. The van der Waals surface area contributed by atoms with Crippen molar-refractivity contribution in [3.8, 4) is 5.75 Å². The Hall–Kier alpha value is -1.81. The van der Waals surface area contributed by atoms with Crippen LogP contribution < -0.4 is 9.46 Å². The minimum atomic E-state index is -4.92. The van der Waals surface area contributed by atoms with Gasteiger partial charge in [0.05, 0.1) is 18.4 Å². The van der Waals surface area contributed by atoms with Gasteiger partial charge in [-0.1, -0.05) is 6.07 Å². The zero-order valence-corrected chi connectivity index (χ0v) is 11.6. The van der Waals surface area contributed by atoms with Crippen molar-refractivity contribution in [3.05, 3.63) is 24.3 Å². The number of carbonyl (C=O) groups excluding carboxylic acids is 1. The molecule has 21 heavy (non-hydrogen) atoms. The molecule has 1 rings (SSSR count). The van der Waals surface area contributed by atoms with E-state index in [9.17, 15) is 26.4 Å². The maximum absolute atomic E-state index is 12.1. The minimum Gasteiger partial charge on any atom is -0.469 e. The lowest BCUT2D eigenvalue weighted by Crippen LogP contribution is -2.26. The molecule has 0 heterocycles. The van der Waals surface area contributed by atoms with Crippen molar-refractivity contribution in [1.82, 2.24) is 4.72 Å². The monoisotopic (exact) mass is 327 g/mol. The molecule has 0 aromatic heterocycles. The number of methoxy groups -OCH3 is 1. The predicted molar refractivity (Wildman–Crippen MR) is 64.9 cm³/mol. The Labute approximate surface area is 118 Å². The summed E-state index contributed by atoms with van der Waals surface area (Å²) in [5, 5.41) is 0. The largest absolute Gasteiger partial charge is 0.573 e. The van der Waals surface area contributed by atoms with Crippen LogP contribution in [-0.2, 0) is 19.6 Å². The van der Waals surface area contributed by atoms with Gasteiger partial charge >= 0.3 is 12.3 Å². The molecule has 0 unspecified atom stereocenters. The third-order valence-electron chi connectivity index (χ3n) is 2.20. The SMILES string of the molecule is COC(=O)CCNS(=O)(=O)c1cccc(OC(F)(F)F)c1. The number of benzene rings is 1. The van der Waals surface area contributed by atoms with Crippen LogP contribution >= 0.6 is 0 Å². The van der Waals surface area contributed by atoms with E-state index in [4.69, 9.17) is 0 Å². The molecule has 0 aliphatic carbocycles. The molecule has 1 N–H and O–H groups in total. The quantitative estimate of drug-likeness (QED) is 0.799. The van der Waals surface area contributed by atoms with Gasteiger partial charge in [-0.3, -0.25) is 4.79 Å². The van der Waals surface area contributed by atoms with Crippen LogP contribution in [0.2, 0.25) is 0 Å². The zero-order chi connectivity index (χ0) is 16.1. The molecule has 0 fully saturated rings. The summed E-state index contributed by atoms with van der Waals surface area (Å²) < 4.78 is 69.8. The van der Waals surface area contributed by atoms with Gasteiger partial charge in [-0.25, -0.2) is 13.1 Å². The first-order valence-corrected chi connectivity index (χ1v) is 7.04. The molecule has 0 aliphatic heterocycles. The van der Waals surface area contributed by atoms with E-state index in [1.807, 2.05) is 0 Å². The number of nitrogens with one attached hydrogen (secondary N) is 1. The van der Waals surface area contributed by atoms with E-state index in [-0.39, 0.29) is 13.0 Å². The predicted octanol–water partition coefficient (Wildman–Crippen LogP) is 1.43. The van der Waals surface area contributed by atoms with Gasteiger partial charge in [0.2, 0.25) is 10.0 Å². The fourth-order valence-corrected chi connectivity index (χ4v) is 2.38. The number of carbonyl (C=O) groups is 1. The fraction of sp³-hybridized carbons (Fsp3) is 0.364. The van der Waals surface area contributed by atoms with Crippen molar-refractivity contribution < 1.29 is 35.9 Å². The number of hydrogen-bond donors (Lipinski definition) is 1. The maximum Gasteiger partial charge on any atom is 0.573 e. The van der Waals surface area contributed by atoms with Crippen molar-refractivity contribution in [3.63, 3.8) is 0 Å². The number of hydrogen-bond acceptors (Lipinski definition) is 5. The standard InChI is InChI=1S/C11H12F3NO5S/c1-19-10(16)5-6-15-21(17,18)9-4-2-3-8(7-9)20-11(12,13)14/h2-4,7,15H,5-6H2,1H3. The van der Waals surface area contributed by atoms with Gasteiger partial charge in [-0.15, -0.1) is 13.2 Å². The number of alkyl halides is 3. The molecule has 6 nitrogen and oxygen atoms in total. The van der Waals surface area contributed by atoms with E-state index >= 15 is 0 Å². The Balaban J connectivity index is 2.79. The molecular formula is C11H12F3NO5S. The molecule has 0 radical (unpaired) electrons. The van der Waals surface area contributed by atoms with Crippen molar-refractivity contribution in [2.24, 2.45) is 0 Å². The topological polar surface area (TPSA) is 81.7 Å². The first kappa shape index (κ1) is 17.2. The van der Waals surface area contributed by atoms with Crippen LogP contribution in [-0.4, -0.2) is 34.4 Å². The summed E-state index contributed by atoms with van der Waals surface area (Å²) in [4.78, 5) is 10.4. The number of rotatable bonds is 6. The van der Waals surface area contributed by atoms with Gasteiger partial charge in [-0.2, -0.15) is 0 Å². The third-order valence-corrected chi connectivity index (χ3v) is 3.66. The van der Waals surface area contributed by atoms with Crippen LogP contribution in [0.25, 0.3) is 0 Å². The van der Waals surface area contributed by atoms with Crippen LogP contribution in [0.1, 0.15) is 6.42 Å². The molecule has 0 saturated carbocycles. The highest BCUT2D eigenvalue weighted by Gasteiger charge is 2.31. The molecule has 10 heteroatoms. The first-order valence-electron chi connectivity index (χ1n) is 5.56. The molecule has 0 spiro atoms. The van der Waals surface area contributed by atoms with Crippen LogP contribution in [0.15, 0.2) is 29.2 Å². The summed E-state index contributed by atoms with van der Waals surface area (Å²) in [7, 11) is -2.90. The fourth-order valence-electron chi connectivity index (χ4n) is 1.31. The lowest BCUT2D eigenvalue weighted by atomic mass is 10.3. The molecule has 1 aromatic carbocycles. The highest BCUT2D eigenvalue weighted by molar-refractivity contribution is 7.89. The van der Waals surface area contributed by atoms with E-state index in [2.05, 4.69) is 14.2 Å². The van der Waals surface area contributed by atoms with E-state index in [1.165, 1.54) is 0 Å². The average Bonchev–Trinajstić information content (AvgIpc) is 2.36. The lowest BCUT2D eigenvalue weighted by molar-refractivity contribution is -0.274. The van der Waals surface area contributed by atoms with Crippen molar-refractivity contribution in [1.29, 1.82) is 0 Å². The molecule has 0 saturated heterocycles. The molecule has 0 atom stereocenters. The van der Waals surface area contributed by atoms with E-state index in [0.717, 1.165) is 31.4 Å². The minimum absolute atomic E-state index is 0.200. The summed E-state index contributed by atoms with van der Waals surface area (Å²) in [6.45, 7) is -0.237. The maximum atomic E-state index is 12.1. The van der Waals surface area contributed by atoms with Gasteiger partial charge in [0.1, 0.15) is 5.75 Å². The number of halogens is 3. The Kier molecular flexibility index (Phi) is 5.55. The number of ether oxygens (including phenoxy) is 2.